The Morgan fingerprint density at radius 3 is 2.69 bits per heavy atom. The lowest BCUT2D eigenvalue weighted by Crippen LogP contribution is -2.38. The number of thioether (sulfide) groups is 1. The van der Waals surface area contributed by atoms with Gasteiger partial charge in [-0.25, -0.2) is 0 Å². The summed E-state index contributed by atoms with van der Waals surface area (Å²) in [7, 11) is 0. The number of rotatable bonds is 5. The Morgan fingerprint density at radius 1 is 1.38 bits per heavy atom. The molecule has 0 radical (unpaired) electrons. The highest BCUT2D eigenvalue weighted by molar-refractivity contribution is 8.00. The Hall–Kier alpha value is 0.270. The molecule has 16 heavy (non-hydrogen) atoms. The summed E-state index contributed by atoms with van der Waals surface area (Å²) in [6.07, 6.45) is 4.26. The van der Waals surface area contributed by atoms with E-state index in [0.717, 1.165) is 13.2 Å². The van der Waals surface area contributed by atoms with E-state index in [-0.39, 0.29) is 0 Å². The van der Waals surface area contributed by atoms with E-state index in [9.17, 15) is 0 Å². The lowest BCUT2D eigenvalue weighted by Gasteiger charge is -2.26. The molecule has 1 fully saturated rings. The molecule has 1 aliphatic rings. The van der Waals surface area contributed by atoms with Gasteiger partial charge in [-0.15, -0.1) is 0 Å². The molecule has 0 spiro atoms. The first-order valence-electron chi connectivity index (χ1n) is 6.46. The lowest BCUT2D eigenvalue weighted by molar-refractivity contribution is 0.0160. The van der Waals surface area contributed by atoms with Gasteiger partial charge >= 0.3 is 0 Å². The highest BCUT2D eigenvalue weighted by Crippen LogP contribution is 2.23. The van der Waals surface area contributed by atoms with Gasteiger partial charge in [0.2, 0.25) is 0 Å². The second-order valence-electron chi connectivity index (χ2n) is 5.72. The van der Waals surface area contributed by atoms with Gasteiger partial charge < -0.3 is 10.1 Å². The molecule has 1 N–H and O–H groups in total. The van der Waals surface area contributed by atoms with Gasteiger partial charge in [0.25, 0.3) is 0 Å². The normalized spacial score (nSPS) is 24.4. The summed E-state index contributed by atoms with van der Waals surface area (Å²) in [6, 6.07) is 0.578. The maximum atomic E-state index is 5.70. The Balaban J connectivity index is 2.07. The van der Waals surface area contributed by atoms with Crippen LogP contribution in [0.25, 0.3) is 0 Å². The molecule has 0 aliphatic carbocycles. The fourth-order valence-electron chi connectivity index (χ4n) is 1.73. The lowest BCUT2D eigenvalue weighted by atomic mass is 10.1. The van der Waals surface area contributed by atoms with Crippen molar-refractivity contribution in [1.29, 1.82) is 0 Å². The molecule has 3 heteroatoms. The predicted octanol–water partition coefficient (Wildman–Crippen LogP) is 3.07. The van der Waals surface area contributed by atoms with E-state index in [4.69, 9.17) is 4.74 Å². The monoisotopic (exact) mass is 245 g/mol. The summed E-state index contributed by atoms with van der Waals surface area (Å²) in [5.41, 5.74) is 0. The standard InChI is InChI=1S/C13H27NOS/c1-11(10-16-13(2,3)4)14-9-12-7-5-6-8-15-12/h11-12,14H,5-10H2,1-4H3. The zero-order valence-corrected chi connectivity index (χ0v) is 12.0. The van der Waals surface area contributed by atoms with Crippen LogP contribution in [0.15, 0.2) is 0 Å². The molecule has 2 unspecified atom stereocenters. The summed E-state index contributed by atoms with van der Waals surface area (Å²) in [5, 5.41) is 3.58. The highest BCUT2D eigenvalue weighted by atomic mass is 32.2. The SMILES string of the molecule is CC(CSC(C)(C)C)NCC1CCCCO1. The van der Waals surface area contributed by atoms with Crippen LogP contribution in [0.1, 0.15) is 47.0 Å². The topological polar surface area (TPSA) is 21.3 Å². The molecule has 1 heterocycles. The van der Waals surface area contributed by atoms with Crippen molar-refractivity contribution in [3.05, 3.63) is 0 Å². The minimum Gasteiger partial charge on any atom is -0.377 e. The first kappa shape index (κ1) is 14.3. The average Bonchev–Trinajstić information content (AvgIpc) is 2.24. The Morgan fingerprint density at radius 2 is 2.12 bits per heavy atom. The van der Waals surface area contributed by atoms with E-state index < -0.39 is 0 Å². The van der Waals surface area contributed by atoms with Crippen LogP contribution in [0.2, 0.25) is 0 Å². The van der Waals surface area contributed by atoms with Crippen LogP contribution in [0.4, 0.5) is 0 Å². The maximum Gasteiger partial charge on any atom is 0.0699 e. The molecule has 1 rings (SSSR count). The van der Waals surface area contributed by atoms with E-state index in [1.807, 2.05) is 11.8 Å². The fraction of sp³-hybridized carbons (Fsp3) is 1.00. The third-order valence-corrected chi connectivity index (χ3v) is 4.27. The van der Waals surface area contributed by atoms with E-state index >= 15 is 0 Å². The molecule has 0 saturated carbocycles. The van der Waals surface area contributed by atoms with Crippen molar-refractivity contribution in [2.24, 2.45) is 0 Å². The molecule has 1 saturated heterocycles. The van der Waals surface area contributed by atoms with Gasteiger partial charge in [-0.05, 0) is 26.2 Å². The number of hydrogen-bond donors (Lipinski definition) is 1. The van der Waals surface area contributed by atoms with Crippen LogP contribution in [-0.2, 0) is 4.74 Å². The summed E-state index contributed by atoms with van der Waals surface area (Å²) in [6.45, 7) is 11.1. The van der Waals surface area contributed by atoms with Crippen LogP contribution < -0.4 is 5.32 Å². The van der Waals surface area contributed by atoms with E-state index in [0.29, 0.717) is 16.9 Å². The summed E-state index contributed by atoms with van der Waals surface area (Å²) in [5.74, 6) is 1.18. The molecule has 0 aromatic rings. The van der Waals surface area contributed by atoms with Crippen molar-refractivity contribution in [2.45, 2.75) is 63.9 Å². The minimum absolute atomic E-state index is 0.372. The zero-order chi connectivity index (χ0) is 12.0. The van der Waals surface area contributed by atoms with Gasteiger partial charge in [0.05, 0.1) is 6.10 Å². The first-order valence-corrected chi connectivity index (χ1v) is 7.45. The summed E-state index contributed by atoms with van der Waals surface area (Å²) >= 11 is 2.02. The van der Waals surface area contributed by atoms with Crippen molar-refractivity contribution < 1.29 is 4.74 Å². The minimum atomic E-state index is 0.372. The van der Waals surface area contributed by atoms with Gasteiger partial charge in [-0.3, -0.25) is 0 Å². The number of ether oxygens (including phenoxy) is 1. The van der Waals surface area contributed by atoms with Gasteiger partial charge in [0.1, 0.15) is 0 Å². The fourth-order valence-corrected chi connectivity index (χ4v) is 2.60. The van der Waals surface area contributed by atoms with E-state index in [1.54, 1.807) is 0 Å². The maximum absolute atomic E-state index is 5.70. The van der Waals surface area contributed by atoms with Crippen LogP contribution in [0.5, 0.6) is 0 Å². The number of hydrogen-bond acceptors (Lipinski definition) is 3. The Bertz CT molecular complexity index is 185. The molecule has 2 atom stereocenters. The largest absolute Gasteiger partial charge is 0.377 e. The van der Waals surface area contributed by atoms with Crippen LogP contribution in [0, 0.1) is 0 Å². The van der Waals surface area contributed by atoms with Crippen LogP contribution in [0.3, 0.4) is 0 Å². The van der Waals surface area contributed by atoms with Gasteiger partial charge in [-0.1, -0.05) is 20.8 Å². The third-order valence-electron chi connectivity index (χ3n) is 2.73. The van der Waals surface area contributed by atoms with Crippen molar-refractivity contribution in [1.82, 2.24) is 5.32 Å². The van der Waals surface area contributed by atoms with Crippen molar-refractivity contribution in [2.75, 3.05) is 18.9 Å². The Kier molecular flexibility index (Phi) is 6.16. The molecule has 2 nitrogen and oxygen atoms in total. The number of nitrogens with one attached hydrogen (secondary N) is 1. The van der Waals surface area contributed by atoms with Crippen molar-refractivity contribution in [3.63, 3.8) is 0 Å². The first-order chi connectivity index (χ1) is 7.47. The van der Waals surface area contributed by atoms with Crippen LogP contribution >= 0.6 is 11.8 Å². The molecule has 0 aromatic heterocycles. The molecule has 1 aliphatic heterocycles. The molecule has 0 bridgehead atoms. The quantitative estimate of drug-likeness (QED) is 0.804. The molecule has 0 aromatic carbocycles. The third kappa shape index (κ3) is 6.77. The molecular weight excluding hydrogens is 218 g/mol. The van der Waals surface area contributed by atoms with Gasteiger partial charge in [0, 0.05) is 29.7 Å². The smallest absolute Gasteiger partial charge is 0.0699 e. The molecular formula is C13H27NOS. The van der Waals surface area contributed by atoms with E-state index in [2.05, 4.69) is 33.0 Å². The summed E-state index contributed by atoms with van der Waals surface area (Å²) in [4.78, 5) is 0. The summed E-state index contributed by atoms with van der Waals surface area (Å²) < 4.78 is 6.08. The Labute approximate surface area is 105 Å². The van der Waals surface area contributed by atoms with Gasteiger partial charge in [-0.2, -0.15) is 11.8 Å². The van der Waals surface area contributed by atoms with Gasteiger partial charge in [0.15, 0.2) is 0 Å². The predicted molar refractivity (Wildman–Crippen MR) is 73.3 cm³/mol. The van der Waals surface area contributed by atoms with Crippen molar-refractivity contribution >= 4 is 11.8 Å². The highest BCUT2D eigenvalue weighted by Gasteiger charge is 2.16. The second-order valence-corrected chi connectivity index (χ2v) is 7.57. The molecule has 0 amide bonds. The molecule has 96 valence electrons. The van der Waals surface area contributed by atoms with E-state index in [1.165, 1.54) is 25.0 Å². The zero-order valence-electron chi connectivity index (χ0n) is 11.2. The van der Waals surface area contributed by atoms with Crippen molar-refractivity contribution in [3.8, 4) is 0 Å². The van der Waals surface area contributed by atoms with Crippen LogP contribution in [-0.4, -0.2) is 35.8 Å². The average molecular weight is 245 g/mol. The second kappa shape index (κ2) is 6.87.